The van der Waals surface area contributed by atoms with E-state index in [1.54, 1.807) is 5.20 Å². The van der Waals surface area contributed by atoms with Crippen molar-refractivity contribution in [1.82, 2.24) is 0 Å². The van der Waals surface area contributed by atoms with Crippen molar-refractivity contribution in [1.29, 1.82) is 0 Å². The fourth-order valence-corrected chi connectivity index (χ4v) is 5.63. The molecule has 2 heteroatoms. The normalized spacial score (nSPS) is 17.1. The van der Waals surface area contributed by atoms with E-state index in [2.05, 4.69) is 63.7 Å². The molecule has 0 radical (unpaired) electrons. The van der Waals surface area contributed by atoms with Gasteiger partial charge in [-0.05, 0) is 29.0 Å². The molecule has 1 rings (SSSR count). The molecule has 0 spiro atoms. The topological polar surface area (TPSA) is 0 Å². The van der Waals surface area contributed by atoms with Crippen LogP contribution < -0.4 is 0 Å². The maximum Gasteiger partial charge on any atom is 0.0887 e. The molecule has 0 N–H and O–H groups in total. The summed E-state index contributed by atoms with van der Waals surface area (Å²) in [5.74, 6) is 0. The Hall–Kier alpha value is -0.526. The third-order valence-electron chi connectivity index (χ3n) is 2.75. The molecule has 0 unspecified atom stereocenters. The van der Waals surface area contributed by atoms with E-state index >= 15 is 0 Å². The fourth-order valence-electron chi connectivity index (χ4n) is 2.05. The second-order valence-electron chi connectivity index (χ2n) is 6.33. The first-order valence-electron chi connectivity index (χ1n) is 5.58. The van der Waals surface area contributed by atoms with Gasteiger partial charge in [0, 0.05) is 0 Å². The van der Waals surface area contributed by atoms with Crippen molar-refractivity contribution in [2.75, 3.05) is 0 Å². The molecule has 0 aliphatic heterocycles. The first-order chi connectivity index (χ1) is 6.64. The number of allylic oxidation sites excluding steroid dienone is 4. The van der Waals surface area contributed by atoms with Gasteiger partial charge in [-0.3, -0.25) is 0 Å². The molecule has 0 saturated carbocycles. The minimum atomic E-state index is -1.25. The molecule has 1 aliphatic rings. The van der Waals surface area contributed by atoms with Gasteiger partial charge in [-0.15, -0.1) is 0 Å². The van der Waals surface area contributed by atoms with Crippen molar-refractivity contribution < 1.29 is 0 Å². The van der Waals surface area contributed by atoms with E-state index in [4.69, 9.17) is 0 Å². The Morgan fingerprint density at radius 1 is 0.933 bits per heavy atom. The average Bonchev–Trinajstić information content (AvgIpc) is 1.99. The smallest absolute Gasteiger partial charge is 0.0711 e. The summed E-state index contributed by atoms with van der Waals surface area (Å²) in [4.78, 5) is 0. The van der Waals surface area contributed by atoms with Crippen LogP contribution in [0.15, 0.2) is 33.5 Å². The summed E-state index contributed by atoms with van der Waals surface area (Å²) in [5, 5.41) is 3.01. The highest BCUT2D eigenvalue weighted by molar-refractivity contribution is 6.86. The van der Waals surface area contributed by atoms with E-state index in [-0.39, 0.29) is 0 Å². The van der Waals surface area contributed by atoms with Crippen LogP contribution in [0.25, 0.3) is 0 Å². The Morgan fingerprint density at radius 2 is 1.47 bits per heavy atom. The number of rotatable bonds is 2. The van der Waals surface area contributed by atoms with Crippen molar-refractivity contribution >= 4 is 16.1 Å². The van der Waals surface area contributed by atoms with E-state index in [0.717, 1.165) is 0 Å². The highest BCUT2D eigenvalue weighted by atomic mass is 28.3. The van der Waals surface area contributed by atoms with Crippen LogP contribution in [0.3, 0.4) is 0 Å². The molecule has 0 heterocycles. The molecule has 1 aliphatic carbocycles. The third kappa shape index (κ3) is 2.73. The van der Waals surface area contributed by atoms with Gasteiger partial charge < -0.3 is 0 Å². The monoisotopic (exact) mass is 234 g/mol. The summed E-state index contributed by atoms with van der Waals surface area (Å²) in [5.41, 5.74) is 8.07. The molecule has 0 aromatic carbocycles. The number of hydrogen-bond donors (Lipinski definition) is 0. The molecular formula is C13H22Si2. The zero-order chi connectivity index (χ0) is 11.9. The van der Waals surface area contributed by atoms with E-state index in [1.807, 2.05) is 0 Å². The van der Waals surface area contributed by atoms with Crippen molar-refractivity contribution in [3.63, 3.8) is 0 Å². The maximum absolute atomic E-state index is 3.35. The summed E-state index contributed by atoms with van der Waals surface area (Å²) >= 11 is 0. The summed E-state index contributed by atoms with van der Waals surface area (Å²) in [6, 6.07) is 0. The van der Waals surface area contributed by atoms with Crippen molar-refractivity contribution in [2.45, 2.75) is 46.2 Å². The predicted octanol–water partition coefficient (Wildman–Crippen LogP) is 4.31. The Labute approximate surface area is 96.1 Å². The zero-order valence-electron chi connectivity index (χ0n) is 11.1. The lowest BCUT2D eigenvalue weighted by atomic mass is 10.2. The van der Waals surface area contributed by atoms with Gasteiger partial charge in [0.15, 0.2) is 0 Å². The molecule has 0 amide bonds. The molecule has 0 saturated heterocycles. The second kappa shape index (κ2) is 3.80. The van der Waals surface area contributed by atoms with Crippen molar-refractivity contribution in [2.24, 2.45) is 0 Å². The van der Waals surface area contributed by atoms with Gasteiger partial charge in [0.25, 0.3) is 0 Å². The van der Waals surface area contributed by atoms with Gasteiger partial charge in [0.2, 0.25) is 0 Å². The van der Waals surface area contributed by atoms with Gasteiger partial charge >= 0.3 is 0 Å². The van der Waals surface area contributed by atoms with Crippen LogP contribution in [0.1, 0.15) is 6.92 Å². The molecule has 82 valence electrons. The Bertz CT molecular complexity index is 399. The highest BCUT2D eigenvalue weighted by Crippen LogP contribution is 2.30. The van der Waals surface area contributed by atoms with Gasteiger partial charge in [0.05, 0.1) is 16.1 Å². The van der Waals surface area contributed by atoms with Crippen LogP contribution in [0, 0.1) is 0 Å². The quantitative estimate of drug-likeness (QED) is 0.493. The lowest BCUT2D eigenvalue weighted by Gasteiger charge is -2.27. The summed E-state index contributed by atoms with van der Waals surface area (Å²) in [7, 11) is -2.47. The van der Waals surface area contributed by atoms with Crippen LogP contribution in [0.4, 0.5) is 0 Å². The minimum absolute atomic E-state index is 1.22. The van der Waals surface area contributed by atoms with Crippen molar-refractivity contribution in [3.05, 3.63) is 33.5 Å². The van der Waals surface area contributed by atoms with E-state index < -0.39 is 16.1 Å². The third-order valence-corrected chi connectivity index (χ3v) is 6.89. The lowest BCUT2D eigenvalue weighted by Crippen LogP contribution is -2.30. The maximum atomic E-state index is 3.35. The summed E-state index contributed by atoms with van der Waals surface area (Å²) < 4.78 is 0. The molecule has 0 nitrogen and oxygen atoms in total. The second-order valence-corrected chi connectivity index (χ2v) is 16.4. The van der Waals surface area contributed by atoms with Crippen molar-refractivity contribution in [3.8, 4) is 0 Å². The average molecular weight is 234 g/mol. The Kier molecular flexibility index (Phi) is 3.18. The minimum Gasteiger partial charge on any atom is -0.0711 e. The van der Waals surface area contributed by atoms with E-state index in [1.165, 1.54) is 10.8 Å². The SMILES string of the molecule is CC1=C([Si](C)(C)C)C=C=C=C1[Si](C)(C)C. The lowest BCUT2D eigenvalue weighted by molar-refractivity contribution is 1.39. The van der Waals surface area contributed by atoms with Crippen LogP contribution >= 0.6 is 0 Å². The summed E-state index contributed by atoms with van der Waals surface area (Å²) in [6.07, 6.45) is 2.16. The van der Waals surface area contributed by atoms with Gasteiger partial charge in [-0.25, -0.2) is 0 Å². The molecule has 0 bridgehead atoms. The zero-order valence-corrected chi connectivity index (χ0v) is 13.1. The Balaban J connectivity index is 3.32. The molecule has 0 aromatic heterocycles. The first-order valence-corrected chi connectivity index (χ1v) is 12.6. The highest BCUT2D eigenvalue weighted by Gasteiger charge is 2.27. The molecule has 0 aromatic rings. The molecule has 15 heavy (non-hydrogen) atoms. The summed E-state index contributed by atoms with van der Waals surface area (Å²) in [6.45, 7) is 16.6. The Morgan fingerprint density at radius 3 is 1.87 bits per heavy atom. The standard InChI is InChI=1S/C13H22Si2/c1-11-12(14(2,3)4)9-8-10-13(11)15(5,6)7/h9H,1-7H3. The van der Waals surface area contributed by atoms with Crippen LogP contribution in [0.2, 0.25) is 39.3 Å². The molecular weight excluding hydrogens is 212 g/mol. The first kappa shape index (κ1) is 12.5. The fraction of sp³-hybridized carbons (Fsp3) is 0.538. The molecule has 0 fully saturated rings. The largest absolute Gasteiger partial charge is 0.0887 e. The van der Waals surface area contributed by atoms with Gasteiger partial charge in [-0.2, -0.15) is 0 Å². The van der Waals surface area contributed by atoms with Crippen LogP contribution in [-0.4, -0.2) is 16.1 Å². The van der Waals surface area contributed by atoms with Crippen LogP contribution in [-0.2, 0) is 0 Å². The van der Waals surface area contributed by atoms with Crippen LogP contribution in [0.5, 0.6) is 0 Å². The van der Waals surface area contributed by atoms with Gasteiger partial charge in [-0.1, -0.05) is 50.7 Å². The van der Waals surface area contributed by atoms with Gasteiger partial charge in [0.1, 0.15) is 0 Å². The van der Waals surface area contributed by atoms with E-state index in [0.29, 0.717) is 0 Å². The van der Waals surface area contributed by atoms with E-state index in [9.17, 15) is 0 Å². The number of hydrogen-bond acceptors (Lipinski definition) is 0. The molecule has 0 atom stereocenters. The predicted molar refractivity (Wildman–Crippen MR) is 74.5 cm³/mol.